The van der Waals surface area contributed by atoms with Crippen molar-refractivity contribution in [2.45, 2.75) is 12.5 Å². The standard InChI is InChI=1S/C15H15F2NO/c1-19-15-6-5-10(7-13(15)17)8-14(18)11-3-2-4-12(16)9-11/h2-7,9,14H,8,18H2,1H3. The molecule has 0 heterocycles. The Hall–Kier alpha value is -1.94. The van der Waals surface area contributed by atoms with Crippen LogP contribution in [0.3, 0.4) is 0 Å². The molecular weight excluding hydrogens is 248 g/mol. The molecule has 1 unspecified atom stereocenters. The van der Waals surface area contributed by atoms with Gasteiger partial charge in [-0.15, -0.1) is 0 Å². The molecule has 1 atom stereocenters. The Kier molecular flexibility index (Phi) is 4.12. The molecule has 0 saturated heterocycles. The summed E-state index contributed by atoms with van der Waals surface area (Å²) in [6.45, 7) is 0. The average Bonchev–Trinajstić information content (AvgIpc) is 2.39. The van der Waals surface area contributed by atoms with E-state index in [4.69, 9.17) is 10.5 Å². The normalized spacial score (nSPS) is 12.2. The van der Waals surface area contributed by atoms with Crippen molar-refractivity contribution in [2.75, 3.05) is 7.11 Å². The van der Waals surface area contributed by atoms with E-state index in [1.807, 2.05) is 0 Å². The molecule has 0 radical (unpaired) electrons. The predicted molar refractivity (Wildman–Crippen MR) is 70.0 cm³/mol. The van der Waals surface area contributed by atoms with E-state index in [2.05, 4.69) is 0 Å². The molecule has 100 valence electrons. The van der Waals surface area contributed by atoms with Crippen LogP contribution in [0.15, 0.2) is 42.5 Å². The van der Waals surface area contributed by atoms with Crippen LogP contribution in [0.1, 0.15) is 17.2 Å². The fourth-order valence-corrected chi connectivity index (χ4v) is 1.95. The molecule has 2 nitrogen and oxygen atoms in total. The van der Waals surface area contributed by atoms with E-state index in [9.17, 15) is 8.78 Å². The fourth-order valence-electron chi connectivity index (χ4n) is 1.95. The Balaban J connectivity index is 2.14. The van der Waals surface area contributed by atoms with Gasteiger partial charge in [-0.25, -0.2) is 8.78 Å². The maximum Gasteiger partial charge on any atom is 0.165 e. The zero-order valence-corrected chi connectivity index (χ0v) is 10.6. The molecule has 0 bridgehead atoms. The monoisotopic (exact) mass is 263 g/mol. The lowest BCUT2D eigenvalue weighted by molar-refractivity contribution is 0.386. The highest BCUT2D eigenvalue weighted by atomic mass is 19.1. The van der Waals surface area contributed by atoms with Gasteiger partial charge < -0.3 is 10.5 Å². The molecular formula is C15H15F2NO. The van der Waals surface area contributed by atoms with Gasteiger partial charge in [0, 0.05) is 6.04 Å². The van der Waals surface area contributed by atoms with Crippen molar-refractivity contribution in [2.24, 2.45) is 5.73 Å². The van der Waals surface area contributed by atoms with Crippen molar-refractivity contribution in [3.63, 3.8) is 0 Å². The van der Waals surface area contributed by atoms with Crippen LogP contribution in [0.5, 0.6) is 5.75 Å². The maximum absolute atomic E-state index is 13.5. The van der Waals surface area contributed by atoms with Gasteiger partial charge in [-0.2, -0.15) is 0 Å². The summed E-state index contributed by atoms with van der Waals surface area (Å²) >= 11 is 0. The van der Waals surface area contributed by atoms with E-state index in [1.54, 1.807) is 24.3 Å². The predicted octanol–water partition coefficient (Wildman–Crippen LogP) is 3.22. The first-order valence-electron chi connectivity index (χ1n) is 5.93. The van der Waals surface area contributed by atoms with E-state index in [1.165, 1.54) is 25.3 Å². The molecule has 2 aromatic carbocycles. The van der Waals surface area contributed by atoms with E-state index in [-0.39, 0.29) is 17.6 Å². The van der Waals surface area contributed by atoms with Crippen molar-refractivity contribution in [3.05, 3.63) is 65.2 Å². The summed E-state index contributed by atoms with van der Waals surface area (Å²) < 4.78 is 31.5. The Morgan fingerprint density at radius 2 is 1.95 bits per heavy atom. The van der Waals surface area contributed by atoms with Crippen LogP contribution in [-0.4, -0.2) is 7.11 Å². The summed E-state index contributed by atoms with van der Waals surface area (Å²) in [5, 5.41) is 0. The highest BCUT2D eigenvalue weighted by Crippen LogP contribution is 2.22. The van der Waals surface area contributed by atoms with Crippen LogP contribution < -0.4 is 10.5 Å². The number of nitrogens with two attached hydrogens (primary N) is 1. The molecule has 0 aliphatic rings. The molecule has 0 saturated carbocycles. The summed E-state index contributed by atoms with van der Waals surface area (Å²) in [5.41, 5.74) is 7.43. The highest BCUT2D eigenvalue weighted by Gasteiger charge is 2.10. The second-order valence-corrected chi connectivity index (χ2v) is 4.33. The van der Waals surface area contributed by atoms with Crippen molar-refractivity contribution in [3.8, 4) is 5.75 Å². The lowest BCUT2D eigenvalue weighted by atomic mass is 9.99. The average molecular weight is 263 g/mol. The van der Waals surface area contributed by atoms with Gasteiger partial charge in [0.05, 0.1) is 7.11 Å². The summed E-state index contributed by atoms with van der Waals surface area (Å²) in [7, 11) is 1.41. The number of hydrogen-bond acceptors (Lipinski definition) is 2. The van der Waals surface area contributed by atoms with Crippen molar-refractivity contribution in [1.29, 1.82) is 0 Å². The maximum atomic E-state index is 13.5. The zero-order valence-electron chi connectivity index (χ0n) is 10.6. The van der Waals surface area contributed by atoms with Gasteiger partial charge in [-0.3, -0.25) is 0 Å². The molecule has 0 aromatic heterocycles. The Labute approximate surface area is 110 Å². The number of ether oxygens (including phenoxy) is 1. The smallest absolute Gasteiger partial charge is 0.165 e. The summed E-state index contributed by atoms with van der Waals surface area (Å²) in [6, 6.07) is 10.5. The van der Waals surface area contributed by atoms with Gasteiger partial charge in [0.1, 0.15) is 5.82 Å². The van der Waals surface area contributed by atoms with Gasteiger partial charge in [-0.1, -0.05) is 18.2 Å². The number of halogens is 2. The molecule has 0 aliphatic heterocycles. The topological polar surface area (TPSA) is 35.2 Å². The van der Waals surface area contributed by atoms with Crippen molar-refractivity contribution >= 4 is 0 Å². The summed E-state index contributed by atoms with van der Waals surface area (Å²) in [4.78, 5) is 0. The third kappa shape index (κ3) is 3.29. The van der Waals surface area contributed by atoms with Gasteiger partial charge in [0.15, 0.2) is 11.6 Å². The van der Waals surface area contributed by atoms with E-state index in [0.29, 0.717) is 12.0 Å². The van der Waals surface area contributed by atoms with Gasteiger partial charge >= 0.3 is 0 Å². The largest absolute Gasteiger partial charge is 0.494 e. The Bertz CT molecular complexity index is 572. The van der Waals surface area contributed by atoms with Gasteiger partial charge in [-0.05, 0) is 41.8 Å². The highest BCUT2D eigenvalue weighted by molar-refractivity contribution is 5.31. The molecule has 2 N–H and O–H groups in total. The zero-order chi connectivity index (χ0) is 13.8. The van der Waals surface area contributed by atoms with Crippen LogP contribution >= 0.6 is 0 Å². The first-order valence-corrected chi connectivity index (χ1v) is 5.93. The number of benzene rings is 2. The third-order valence-corrected chi connectivity index (χ3v) is 2.95. The quantitative estimate of drug-likeness (QED) is 0.919. The van der Waals surface area contributed by atoms with Crippen molar-refractivity contribution in [1.82, 2.24) is 0 Å². The van der Waals surface area contributed by atoms with Crippen LogP contribution in [0.4, 0.5) is 8.78 Å². The number of hydrogen-bond donors (Lipinski definition) is 1. The molecule has 0 fully saturated rings. The fraction of sp³-hybridized carbons (Fsp3) is 0.200. The first-order chi connectivity index (χ1) is 9.10. The molecule has 2 rings (SSSR count). The second kappa shape index (κ2) is 5.80. The second-order valence-electron chi connectivity index (χ2n) is 4.33. The van der Waals surface area contributed by atoms with Crippen molar-refractivity contribution < 1.29 is 13.5 Å². The minimum Gasteiger partial charge on any atom is -0.494 e. The molecule has 2 aromatic rings. The molecule has 4 heteroatoms. The van der Waals surface area contributed by atoms with Crippen LogP contribution in [0.25, 0.3) is 0 Å². The van der Waals surface area contributed by atoms with Crippen LogP contribution in [0.2, 0.25) is 0 Å². The summed E-state index contributed by atoms with van der Waals surface area (Å²) in [5.74, 6) is -0.552. The minimum absolute atomic E-state index is 0.197. The lowest BCUT2D eigenvalue weighted by Gasteiger charge is -2.13. The van der Waals surface area contributed by atoms with E-state index >= 15 is 0 Å². The molecule has 0 spiro atoms. The number of methoxy groups -OCH3 is 1. The van der Waals surface area contributed by atoms with E-state index < -0.39 is 5.82 Å². The number of rotatable bonds is 4. The Morgan fingerprint density at radius 1 is 1.16 bits per heavy atom. The Morgan fingerprint density at radius 3 is 2.58 bits per heavy atom. The van der Waals surface area contributed by atoms with Crippen LogP contribution in [-0.2, 0) is 6.42 Å². The molecule has 19 heavy (non-hydrogen) atoms. The summed E-state index contributed by atoms with van der Waals surface area (Å²) in [6.07, 6.45) is 0.435. The van der Waals surface area contributed by atoms with Gasteiger partial charge in [0.25, 0.3) is 0 Å². The first kappa shape index (κ1) is 13.5. The van der Waals surface area contributed by atoms with Crippen LogP contribution in [0, 0.1) is 11.6 Å². The minimum atomic E-state index is -0.425. The third-order valence-electron chi connectivity index (χ3n) is 2.95. The molecule has 0 aliphatic carbocycles. The lowest BCUT2D eigenvalue weighted by Crippen LogP contribution is -2.13. The SMILES string of the molecule is COc1ccc(CC(N)c2cccc(F)c2)cc1F. The van der Waals surface area contributed by atoms with Gasteiger partial charge in [0.2, 0.25) is 0 Å². The van der Waals surface area contributed by atoms with E-state index in [0.717, 1.165) is 5.56 Å². The molecule has 0 amide bonds.